The topological polar surface area (TPSA) is 71.8 Å². The van der Waals surface area contributed by atoms with Gasteiger partial charge in [0.15, 0.2) is 6.04 Å². The molecule has 0 aliphatic heterocycles. The molecule has 0 unspecified atom stereocenters. The van der Waals surface area contributed by atoms with Crippen molar-refractivity contribution >= 4 is 23.2 Å². The molecule has 1 N–H and O–H groups in total. The third kappa shape index (κ3) is 5.85. The average molecular weight is 467 g/mol. The van der Waals surface area contributed by atoms with E-state index in [4.69, 9.17) is 9.15 Å². The van der Waals surface area contributed by atoms with Gasteiger partial charge in [0.1, 0.15) is 11.5 Å². The first-order valence-corrected chi connectivity index (χ1v) is 12.3. The third-order valence-electron chi connectivity index (χ3n) is 6.08. The van der Waals surface area contributed by atoms with E-state index in [1.165, 1.54) is 17.8 Å². The Bertz CT molecular complexity index is 1030. The van der Waals surface area contributed by atoms with E-state index >= 15 is 0 Å². The molecule has 1 aliphatic carbocycles. The average Bonchev–Trinajstić information content (AvgIpc) is 3.54. The lowest BCUT2D eigenvalue weighted by atomic mass is 9.95. The lowest BCUT2D eigenvalue weighted by molar-refractivity contribution is -0.142. The summed E-state index contributed by atoms with van der Waals surface area (Å²) >= 11 is 1.53. The minimum Gasteiger partial charge on any atom is -0.496 e. The summed E-state index contributed by atoms with van der Waals surface area (Å²) in [7, 11) is 1.61. The summed E-state index contributed by atoms with van der Waals surface area (Å²) in [6.45, 7) is 0.234. The third-order valence-corrected chi connectivity index (χ3v) is 6.96. The summed E-state index contributed by atoms with van der Waals surface area (Å²) in [6.07, 6.45) is 7.12. The van der Waals surface area contributed by atoms with Crippen LogP contribution in [0.3, 0.4) is 0 Å². The van der Waals surface area contributed by atoms with E-state index < -0.39 is 6.04 Å². The van der Waals surface area contributed by atoms with Gasteiger partial charge < -0.3 is 19.4 Å². The summed E-state index contributed by atoms with van der Waals surface area (Å²) < 4.78 is 11.2. The number of furan rings is 1. The Balaban J connectivity index is 1.66. The second-order valence-electron chi connectivity index (χ2n) is 8.35. The summed E-state index contributed by atoms with van der Waals surface area (Å²) in [5.41, 5.74) is 0.835. The van der Waals surface area contributed by atoms with Gasteiger partial charge >= 0.3 is 0 Å². The Kier molecular flexibility index (Phi) is 7.83. The second-order valence-corrected chi connectivity index (χ2v) is 9.38. The molecule has 3 aromatic rings. The summed E-state index contributed by atoms with van der Waals surface area (Å²) in [6, 6.07) is 14.2. The van der Waals surface area contributed by atoms with Gasteiger partial charge in [0.2, 0.25) is 5.91 Å². The monoisotopic (exact) mass is 466 g/mol. The van der Waals surface area contributed by atoms with Gasteiger partial charge in [-0.25, -0.2) is 0 Å². The van der Waals surface area contributed by atoms with Gasteiger partial charge in [-0.2, -0.15) is 0 Å². The fourth-order valence-corrected chi connectivity index (χ4v) is 5.10. The number of hydrogen-bond acceptors (Lipinski definition) is 5. The number of methoxy groups -OCH3 is 1. The maximum absolute atomic E-state index is 13.6. The van der Waals surface area contributed by atoms with E-state index in [1.54, 1.807) is 30.4 Å². The van der Waals surface area contributed by atoms with E-state index in [1.807, 2.05) is 41.8 Å². The number of nitrogens with zero attached hydrogens (tertiary/aromatic N) is 1. The van der Waals surface area contributed by atoms with Crippen LogP contribution < -0.4 is 10.1 Å². The van der Waals surface area contributed by atoms with E-state index in [0.717, 1.165) is 36.1 Å². The predicted octanol–water partition coefficient (Wildman–Crippen LogP) is 5.11. The molecule has 7 heteroatoms. The van der Waals surface area contributed by atoms with Gasteiger partial charge in [-0.3, -0.25) is 9.59 Å². The molecular formula is C26H30N2O4S. The molecule has 1 fully saturated rings. The molecule has 1 saturated carbocycles. The maximum atomic E-state index is 13.6. The van der Waals surface area contributed by atoms with Gasteiger partial charge in [0.25, 0.3) is 5.91 Å². The van der Waals surface area contributed by atoms with Gasteiger partial charge in [0.05, 0.1) is 26.3 Å². The van der Waals surface area contributed by atoms with Crippen molar-refractivity contribution in [1.82, 2.24) is 10.2 Å². The normalized spacial score (nSPS) is 15.1. The van der Waals surface area contributed by atoms with Crippen molar-refractivity contribution in [2.45, 2.75) is 57.2 Å². The van der Waals surface area contributed by atoms with Crippen LogP contribution in [0.2, 0.25) is 0 Å². The van der Waals surface area contributed by atoms with Crippen LogP contribution >= 0.6 is 11.3 Å². The highest BCUT2D eigenvalue weighted by Gasteiger charge is 2.35. The zero-order chi connectivity index (χ0) is 23.0. The van der Waals surface area contributed by atoms with Gasteiger partial charge in [-0.15, -0.1) is 11.3 Å². The fourth-order valence-electron chi connectivity index (χ4n) is 4.40. The quantitative estimate of drug-likeness (QED) is 0.476. The molecule has 0 radical (unpaired) electrons. The van der Waals surface area contributed by atoms with Crippen LogP contribution in [-0.4, -0.2) is 29.9 Å². The number of carbonyl (C=O) groups excluding carboxylic acids is 2. The SMILES string of the molecule is COc1ccccc1CN(C(=O)Cc1cccs1)[C@@H](C(=O)NC1CCCCC1)c1ccco1. The molecule has 2 aromatic heterocycles. The van der Waals surface area contributed by atoms with Crippen LogP contribution in [0.15, 0.2) is 64.6 Å². The minimum atomic E-state index is -0.862. The number of para-hydroxylation sites is 1. The molecule has 2 amide bonds. The highest BCUT2D eigenvalue weighted by atomic mass is 32.1. The van der Waals surface area contributed by atoms with Gasteiger partial charge in [-0.05, 0) is 42.5 Å². The number of ether oxygens (including phenoxy) is 1. The number of nitrogens with one attached hydrogen (secondary N) is 1. The van der Waals surface area contributed by atoms with E-state index in [2.05, 4.69) is 5.32 Å². The molecular weight excluding hydrogens is 436 g/mol. The van der Waals surface area contributed by atoms with Crippen molar-refractivity contribution in [1.29, 1.82) is 0 Å². The number of hydrogen-bond donors (Lipinski definition) is 1. The lowest BCUT2D eigenvalue weighted by Gasteiger charge is -2.32. The Labute approximate surface area is 198 Å². The molecule has 2 heterocycles. The zero-order valence-corrected chi connectivity index (χ0v) is 19.7. The molecule has 4 rings (SSSR count). The number of carbonyl (C=O) groups is 2. The Morgan fingerprint density at radius 2 is 1.94 bits per heavy atom. The van der Waals surface area contributed by atoms with Crippen LogP contribution in [0, 0.1) is 0 Å². The molecule has 174 valence electrons. The van der Waals surface area contributed by atoms with Crippen LogP contribution in [-0.2, 0) is 22.6 Å². The van der Waals surface area contributed by atoms with Crippen molar-refractivity contribution < 1.29 is 18.7 Å². The number of rotatable bonds is 9. The van der Waals surface area contributed by atoms with E-state index in [-0.39, 0.29) is 30.8 Å². The van der Waals surface area contributed by atoms with Crippen molar-refractivity contribution in [3.8, 4) is 5.75 Å². The molecule has 33 heavy (non-hydrogen) atoms. The highest BCUT2D eigenvalue weighted by Crippen LogP contribution is 2.29. The van der Waals surface area contributed by atoms with Crippen molar-refractivity contribution in [3.05, 3.63) is 76.4 Å². The van der Waals surface area contributed by atoms with Crippen molar-refractivity contribution in [3.63, 3.8) is 0 Å². The van der Waals surface area contributed by atoms with Crippen molar-refractivity contribution in [2.75, 3.05) is 7.11 Å². The first kappa shape index (κ1) is 23.1. The summed E-state index contributed by atoms with van der Waals surface area (Å²) in [5.74, 6) is 0.796. The lowest BCUT2D eigenvalue weighted by Crippen LogP contribution is -2.47. The molecule has 6 nitrogen and oxygen atoms in total. The van der Waals surface area contributed by atoms with Crippen LogP contribution in [0.5, 0.6) is 5.75 Å². The van der Waals surface area contributed by atoms with Crippen molar-refractivity contribution in [2.24, 2.45) is 0 Å². The summed E-state index contributed by atoms with van der Waals surface area (Å²) in [4.78, 5) is 29.8. The maximum Gasteiger partial charge on any atom is 0.250 e. The van der Waals surface area contributed by atoms with Crippen LogP contribution in [0.25, 0.3) is 0 Å². The predicted molar refractivity (Wildman–Crippen MR) is 128 cm³/mol. The Morgan fingerprint density at radius 3 is 2.64 bits per heavy atom. The number of amides is 2. The van der Waals surface area contributed by atoms with E-state index in [9.17, 15) is 9.59 Å². The smallest absolute Gasteiger partial charge is 0.250 e. The van der Waals surface area contributed by atoms with Crippen LogP contribution in [0.4, 0.5) is 0 Å². The molecule has 0 spiro atoms. The number of thiophene rings is 1. The van der Waals surface area contributed by atoms with Gasteiger partial charge in [-0.1, -0.05) is 43.5 Å². The highest BCUT2D eigenvalue weighted by molar-refractivity contribution is 7.10. The first-order valence-electron chi connectivity index (χ1n) is 11.4. The standard InChI is InChI=1S/C26H30N2O4S/c1-31-22-13-6-5-9-19(22)18-28(24(29)17-21-12-8-16-33-21)25(23-14-7-15-32-23)26(30)27-20-10-3-2-4-11-20/h5-9,12-16,20,25H,2-4,10-11,17-18H2,1H3,(H,27,30)/t25-/m1/s1. The number of benzene rings is 1. The largest absolute Gasteiger partial charge is 0.496 e. The summed E-state index contributed by atoms with van der Waals surface area (Å²) in [5, 5.41) is 5.15. The van der Waals surface area contributed by atoms with E-state index in [0.29, 0.717) is 11.5 Å². The Morgan fingerprint density at radius 1 is 1.12 bits per heavy atom. The second kappa shape index (κ2) is 11.2. The van der Waals surface area contributed by atoms with Crippen LogP contribution in [0.1, 0.15) is 54.3 Å². The molecule has 1 atom stereocenters. The fraction of sp³-hybridized carbons (Fsp3) is 0.385. The van der Waals surface area contributed by atoms with Gasteiger partial charge in [0, 0.05) is 16.5 Å². The Hall–Kier alpha value is -3.06. The molecule has 0 bridgehead atoms. The molecule has 0 saturated heterocycles. The molecule has 1 aromatic carbocycles. The molecule has 1 aliphatic rings. The zero-order valence-electron chi connectivity index (χ0n) is 18.9. The first-order chi connectivity index (χ1) is 16.2. The minimum absolute atomic E-state index is 0.129.